The lowest BCUT2D eigenvalue weighted by molar-refractivity contribution is 0.816. The van der Waals surface area contributed by atoms with Crippen molar-refractivity contribution in [3.05, 3.63) is 53.3 Å². The lowest BCUT2D eigenvalue weighted by Gasteiger charge is -2.31. The van der Waals surface area contributed by atoms with Crippen LogP contribution in [0.3, 0.4) is 0 Å². The molecule has 0 saturated carbocycles. The molecule has 3 aromatic rings. The second-order valence-corrected chi connectivity index (χ2v) is 6.56. The maximum atomic E-state index is 4.16. The maximum absolute atomic E-state index is 4.16. The van der Waals surface area contributed by atoms with Gasteiger partial charge in [0.25, 0.3) is 0 Å². The molecule has 0 spiro atoms. The minimum Gasteiger partial charge on any atom is -0.378 e. The molecule has 6 nitrogen and oxygen atoms in total. The molecule has 0 radical (unpaired) electrons. The third kappa shape index (κ3) is 2.69. The SMILES string of the molecule is Cc1nnc(-c2ccc3c(c2)N(C)c2cc(N(C)C)ccc2C3)nn1. The van der Waals surface area contributed by atoms with Crippen LogP contribution in [-0.4, -0.2) is 41.5 Å². The van der Waals surface area contributed by atoms with Gasteiger partial charge in [0.2, 0.25) is 5.82 Å². The molecule has 126 valence electrons. The van der Waals surface area contributed by atoms with E-state index in [4.69, 9.17) is 0 Å². The molecule has 0 fully saturated rings. The summed E-state index contributed by atoms with van der Waals surface area (Å²) in [6.45, 7) is 1.78. The molecule has 0 aliphatic carbocycles. The number of hydrogen-bond donors (Lipinski definition) is 0. The molecule has 6 heteroatoms. The molecular weight excluding hydrogens is 312 g/mol. The summed E-state index contributed by atoms with van der Waals surface area (Å²) >= 11 is 0. The van der Waals surface area contributed by atoms with Crippen LogP contribution in [-0.2, 0) is 6.42 Å². The normalized spacial score (nSPS) is 12.6. The molecule has 0 N–H and O–H groups in total. The van der Waals surface area contributed by atoms with Crippen LogP contribution in [0.2, 0.25) is 0 Å². The van der Waals surface area contributed by atoms with Crippen LogP contribution in [0.5, 0.6) is 0 Å². The van der Waals surface area contributed by atoms with Gasteiger partial charge in [-0.05, 0) is 36.2 Å². The second-order valence-electron chi connectivity index (χ2n) is 6.56. The average molecular weight is 332 g/mol. The number of aromatic nitrogens is 4. The van der Waals surface area contributed by atoms with Crippen molar-refractivity contribution in [3.63, 3.8) is 0 Å². The third-order valence-electron chi connectivity index (χ3n) is 4.61. The van der Waals surface area contributed by atoms with Crippen LogP contribution < -0.4 is 9.80 Å². The van der Waals surface area contributed by atoms with Crippen molar-refractivity contribution in [2.45, 2.75) is 13.3 Å². The first-order valence-electron chi connectivity index (χ1n) is 8.24. The number of benzene rings is 2. The summed E-state index contributed by atoms with van der Waals surface area (Å²) in [5.41, 5.74) is 7.16. The molecule has 2 aromatic carbocycles. The van der Waals surface area contributed by atoms with E-state index in [2.05, 4.69) is 81.7 Å². The van der Waals surface area contributed by atoms with Crippen LogP contribution in [0, 0.1) is 6.92 Å². The smallest absolute Gasteiger partial charge is 0.203 e. The quantitative estimate of drug-likeness (QED) is 0.719. The fraction of sp³-hybridized carbons (Fsp3) is 0.263. The third-order valence-corrected chi connectivity index (χ3v) is 4.61. The number of rotatable bonds is 2. The Bertz CT molecular complexity index is 933. The molecular formula is C19H20N6. The zero-order valence-electron chi connectivity index (χ0n) is 14.9. The molecule has 0 amide bonds. The van der Waals surface area contributed by atoms with Crippen molar-refractivity contribution in [3.8, 4) is 11.4 Å². The Morgan fingerprint density at radius 2 is 1.52 bits per heavy atom. The summed E-state index contributed by atoms with van der Waals surface area (Å²) in [6, 6.07) is 12.9. The van der Waals surface area contributed by atoms with Crippen molar-refractivity contribution in [2.75, 3.05) is 30.9 Å². The molecule has 1 aromatic heterocycles. The van der Waals surface area contributed by atoms with Crippen molar-refractivity contribution in [1.82, 2.24) is 20.4 Å². The molecule has 1 aliphatic rings. The van der Waals surface area contributed by atoms with Gasteiger partial charge in [0.05, 0.1) is 0 Å². The Morgan fingerprint density at radius 3 is 2.20 bits per heavy atom. The van der Waals surface area contributed by atoms with E-state index in [1.807, 2.05) is 6.07 Å². The van der Waals surface area contributed by atoms with Gasteiger partial charge in [-0.1, -0.05) is 18.2 Å². The maximum Gasteiger partial charge on any atom is 0.203 e. The highest BCUT2D eigenvalue weighted by Gasteiger charge is 2.21. The van der Waals surface area contributed by atoms with E-state index < -0.39 is 0 Å². The standard InChI is InChI=1S/C19H20N6/c1-12-20-22-19(23-21-12)15-6-5-13-9-14-7-8-16(24(2)3)11-18(14)25(4)17(13)10-15/h5-8,10-11H,9H2,1-4H3. The number of nitrogens with zero attached hydrogens (tertiary/aromatic N) is 6. The van der Waals surface area contributed by atoms with Crippen LogP contribution in [0.4, 0.5) is 17.1 Å². The molecule has 0 bridgehead atoms. The minimum atomic E-state index is 0.551. The van der Waals surface area contributed by atoms with Crippen molar-refractivity contribution in [1.29, 1.82) is 0 Å². The van der Waals surface area contributed by atoms with Gasteiger partial charge in [-0.3, -0.25) is 0 Å². The van der Waals surface area contributed by atoms with Gasteiger partial charge in [-0.25, -0.2) is 0 Å². The minimum absolute atomic E-state index is 0.551. The van der Waals surface area contributed by atoms with Crippen LogP contribution in [0.25, 0.3) is 11.4 Å². The first kappa shape index (κ1) is 15.5. The summed E-state index contributed by atoms with van der Waals surface area (Å²) in [7, 11) is 6.23. The summed E-state index contributed by atoms with van der Waals surface area (Å²) in [4.78, 5) is 4.36. The molecule has 0 unspecified atom stereocenters. The summed E-state index contributed by atoms with van der Waals surface area (Å²) in [5, 5.41) is 16.3. The lowest BCUT2D eigenvalue weighted by Crippen LogP contribution is -2.19. The van der Waals surface area contributed by atoms with Crippen LogP contribution >= 0.6 is 0 Å². The zero-order valence-corrected chi connectivity index (χ0v) is 14.9. The highest BCUT2D eigenvalue weighted by molar-refractivity contribution is 5.79. The van der Waals surface area contributed by atoms with Gasteiger partial charge in [0, 0.05) is 50.2 Å². The van der Waals surface area contributed by atoms with E-state index >= 15 is 0 Å². The van der Waals surface area contributed by atoms with Crippen LogP contribution in [0.1, 0.15) is 17.0 Å². The van der Waals surface area contributed by atoms with Gasteiger partial charge in [0.15, 0.2) is 5.82 Å². The summed E-state index contributed by atoms with van der Waals surface area (Å²) in [6.07, 6.45) is 0.925. The lowest BCUT2D eigenvalue weighted by atomic mass is 9.94. The predicted molar refractivity (Wildman–Crippen MR) is 99.4 cm³/mol. The first-order chi connectivity index (χ1) is 12.0. The number of fused-ring (bicyclic) bond motifs is 2. The Hall–Kier alpha value is -3.02. The van der Waals surface area contributed by atoms with Gasteiger partial charge < -0.3 is 9.80 Å². The van der Waals surface area contributed by atoms with E-state index in [9.17, 15) is 0 Å². The fourth-order valence-electron chi connectivity index (χ4n) is 3.19. The Balaban J connectivity index is 1.77. The monoisotopic (exact) mass is 332 g/mol. The molecule has 0 saturated heterocycles. The summed E-state index contributed by atoms with van der Waals surface area (Å²) in [5.74, 6) is 1.12. The van der Waals surface area contributed by atoms with Crippen molar-refractivity contribution in [2.24, 2.45) is 0 Å². The van der Waals surface area contributed by atoms with Gasteiger partial charge >= 0.3 is 0 Å². The Morgan fingerprint density at radius 1 is 0.880 bits per heavy atom. The topological polar surface area (TPSA) is 58.0 Å². The highest BCUT2D eigenvalue weighted by Crippen LogP contribution is 2.40. The fourth-order valence-corrected chi connectivity index (χ4v) is 3.19. The van der Waals surface area contributed by atoms with E-state index in [0.29, 0.717) is 11.6 Å². The predicted octanol–water partition coefficient (Wildman–Crippen LogP) is 2.98. The highest BCUT2D eigenvalue weighted by atomic mass is 15.3. The molecule has 1 aliphatic heterocycles. The zero-order chi connectivity index (χ0) is 17.6. The Kier molecular flexibility index (Phi) is 3.60. The average Bonchev–Trinajstić information content (AvgIpc) is 2.62. The number of anilines is 3. The number of hydrogen-bond acceptors (Lipinski definition) is 6. The van der Waals surface area contributed by atoms with E-state index in [0.717, 1.165) is 12.0 Å². The number of aryl methyl sites for hydroxylation is 1. The molecule has 0 atom stereocenters. The molecule has 25 heavy (non-hydrogen) atoms. The van der Waals surface area contributed by atoms with Gasteiger partial charge in [-0.15, -0.1) is 20.4 Å². The Labute approximate surface area is 147 Å². The van der Waals surface area contributed by atoms with Gasteiger partial charge in [0.1, 0.15) is 0 Å². The largest absolute Gasteiger partial charge is 0.378 e. The van der Waals surface area contributed by atoms with Crippen molar-refractivity contribution < 1.29 is 0 Å². The van der Waals surface area contributed by atoms with E-state index in [1.54, 1.807) is 6.92 Å². The van der Waals surface area contributed by atoms with E-state index in [-0.39, 0.29) is 0 Å². The summed E-state index contributed by atoms with van der Waals surface area (Å²) < 4.78 is 0. The first-order valence-corrected chi connectivity index (χ1v) is 8.24. The van der Waals surface area contributed by atoms with Gasteiger partial charge in [-0.2, -0.15) is 0 Å². The second kappa shape index (κ2) is 5.81. The van der Waals surface area contributed by atoms with Crippen molar-refractivity contribution >= 4 is 17.1 Å². The van der Waals surface area contributed by atoms with E-state index in [1.165, 1.54) is 28.2 Å². The molecule has 2 heterocycles. The molecule has 4 rings (SSSR count). The van der Waals surface area contributed by atoms with Crippen LogP contribution in [0.15, 0.2) is 36.4 Å².